The molecule has 2 aromatic rings. The standard InChI is InChI=1S/C12H12N2O/c1-8-3-4-10(9(2)7-8)11-5-6-13-12(15)14-11/h3-7H,1-2H3,(H,13,14,15). The molecule has 0 radical (unpaired) electrons. The van der Waals surface area contributed by atoms with Crippen molar-refractivity contribution in [1.82, 2.24) is 9.97 Å². The Kier molecular flexibility index (Phi) is 2.37. The number of aryl methyl sites for hydroxylation is 2. The Morgan fingerprint density at radius 1 is 1.20 bits per heavy atom. The quantitative estimate of drug-likeness (QED) is 0.765. The topological polar surface area (TPSA) is 45.8 Å². The first kappa shape index (κ1) is 9.65. The summed E-state index contributed by atoms with van der Waals surface area (Å²) < 4.78 is 0. The van der Waals surface area contributed by atoms with Gasteiger partial charge in [0.25, 0.3) is 0 Å². The Labute approximate surface area is 87.8 Å². The monoisotopic (exact) mass is 200 g/mol. The third-order valence-corrected chi connectivity index (χ3v) is 2.35. The fourth-order valence-corrected chi connectivity index (χ4v) is 1.64. The van der Waals surface area contributed by atoms with Gasteiger partial charge in [0, 0.05) is 11.8 Å². The number of aromatic amines is 1. The number of benzene rings is 1. The minimum atomic E-state index is -0.313. The summed E-state index contributed by atoms with van der Waals surface area (Å²) in [5.41, 5.74) is 3.91. The van der Waals surface area contributed by atoms with E-state index in [-0.39, 0.29) is 5.69 Å². The van der Waals surface area contributed by atoms with E-state index in [0.717, 1.165) is 16.8 Å². The van der Waals surface area contributed by atoms with E-state index in [1.807, 2.05) is 26.0 Å². The smallest absolute Gasteiger partial charge is 0.305 e. The number of nitrogens with one attached hydrogen (secondary N) is 1. The maximum atomic E-state index is 11.1. The first-order valence-electron chi connectivity index (χ1n) is 4.80. The second-order valence-corrected chi connectivity index (χ2v) is 3.61. The maximum absolute atomic E-state index is 11.1. The minimum Gasteiger partial charge on any atom is -0.305 e. The molecule has 0 saturated carbocycles. The van der Waals surface area contributed by atoms with Gasteiger partial charge in [-0.1, -0.05) is 23.8 Å². The Morgan fingerprint density at radius 2 is 2.00 bits per heavy atom. The van der Waals surface area contributed by atoms with Gasteiger partial charge in [-0.15, -0.1) is 0 Å². The molecule has 0 aliphatic carbocycles. The van der Waals surface area contributed by atoms with Gasteiger partial charge in [0.15, 0.2) is 0 Å². The van der Waals surface area contributed by atoms with E-state index in [4.69, 9.17) is 0 Å². The molecule has 1 aromatic carbocycles. The lowest BCUT2D eigenvalue weighted by atomic mass is 10.0. The van der Waals surface area contributed by atoms with Crippen LogP contribution in [0, 0.1) is 13.8 Å². The molecule has 3 nitrogen and oxygen atoms in total. The number of hydrogen-bond donors (Lipinski definition) is 1. The Bertz CT molecular complexity index is 543. The summed E-state index contributed by atoms with van der Waals surface area (Å²) in [6, 6.07) is 7.93. The van der Waals surface area contributed by atoms with Crippen molar-refractivity contribution in [3.63, 3.8) is 0 Å². The van der Waals surface area contributed by atoms with Gasteiger partial charge in [-0.05, 0) is 25.5 Å². The number of aromatic nitrogens is 2. The Morgan fingerprint density at radius 3 is 2.67 bits per heavy atom. The molecule has 0 aliphatic heterocycles. The fourth-order valence-electron chi connectivity index (χ4n) is 1.64. The molecule has 0 atom stereocenters. The molecule has 0 fully saturated rings. The predicted octanol–water partition coefficient (Wildman–Crippen LogP) is 2.05. The number of rotatable bonds is 1. The summed E-state index contributed by atoms with van der Waals surface area (Å²) in [7, 11) is 0. The Balaban J connectivity index is 2.59. The number of H-pyrrole nitrogens is 1. The van der Waals surface area contributed by atoms with Gasteiger partial charge in [-0.25, -0.2) is 9.78 Å². The van der Waals surface area contributed by atoms with Crippen LogP contribution in [0.2, 0.25) is 0 Å². The van der Waals surface area contributed by atoms with Crippen molar-refractivity contribution in [1.29, 1.82) is 0 Å². The van der Waals surface area contributed by atoms with E-state index >= 15 is 0 Å². The van der Waals surface area contributed by atoms with Crippen molar-refractivity contribution >= 4 is 0 Å². The van der Waals surface area contributed by atoms with Crippen LogP contribution in [-0.2, 0) is 0 Å². The van der Waals surface area contributed by atoms with Gasteiger partial charge in [0.05, 0.1) is 5.69 Å². The van der Waals surface area contributed by atoms with Crippen molar-refractivity contribution in [2.75, 3.05) is 0 Å². The molecule has 76 valence electrons. The highest BCUT2D eigenvalue weighted by molar-refractivity contribution is 5.63. The summed E-state index contributed by atoms with van der Waals surface area (Å²) in [4.78, 5) is 17.4. The van der Waals surface area contributed by atoms with Gasteiger partial charge in [-0.2, -0.15) is 0 Å². The van der Waals surface area contributed by atoms with Crippen LogP contribution in [0.25, 0.3) is 11.3 Å². The van der Waals surface area contributed by atoms with Crippen molar-refractivity contribution < 1.29 is 0 Å². The molecule has 1 heterocycles. The molecule has 0 spiro atoms. The molecule has 3 heteroatoms. The first-order valence-corrected chi connectivity index (χ1v) is 4.80. The summed E-state index contributed by atoms with van der Waals surface area (Å²) in [6.45, 7) is 4.08. The molecule has 2 rings (SSSR count). The summed E-state index contributed by atoms with van der Waals surface area (Å²) >= 11 is 0. The average Bonchev–Trinajstić information content (AvgIpc) is 2.17. The van der Waals surface area contributed by atoms with E-state index in [0.29, 0.717) is 0 Å². The van der Waals surface area contributed by atoms with Crippen molar-refractivity contribution in [2.45, 2.75) is 13.8 Å². The van der Waals surface area contributed by atoms with E-state index in [2.05, 4.69) is 16.0 Å². The second kappa shape index (κ2) is 3.69. The van der Waals surface area contributed by atoms with Crippen LogP contribution in [0.1, 0.15) is 11.1 Å². The van der Waals surface area contributed by atoms with Crippen LogP contribution in [0.5, 0.6) is 0 Å². The van der Waals surface area contributed by atoms with Crippen LogP contribution < -0.4 is 5.69 Å². The Hall–Kier alpha value is -1.90. The van der Waals surface area contributed by atoms with Crippen molar-refractivity contribution in [2.24, 2.45) is 0 Å². The molecule has 15 heavy (non-hydrogen) atoms. The van der Waals surface area contributed by atoms with Crippen molar-refractivity contribution in [3.05, 3.63) is 52.1 Å². The zero-order valence-corrected chi connectivity index (χ0v) is 8.74. The molecule has 0 amide bonds. The molecular formula is C12H12N2O. The van der Waals surface area contributed by atoms with Crippen molar-refractivity contribution in [3.8, 4) is 11.3 Å². The molecule has 0 bridgehead atoms. The molecule has 1 N–H and O–H groups in total. The first-order chi connectivity index (χ1) is 7.16. The largest absolute Gasteiger partial charge is 0.345 e. The van der Waals surface area contributed by atoms with Crippen LogP contribution in [-0.4, -0.2) is 9.97 Å². The third kappa shape index (κ3) is 1.96. The predicted molar refractivity (Wildman–Crippen MR) is 59.8 cm³/mol. The van der Waals surface area contributed by atoms with Gasteiger partial charge in [0.2, 0.25) is 0 Å². The molecule has 1 aromatic heterocycles. The third-order valence-electron chi connectivity index (χ3n) is 2.35. The van der Waals surface area contributed by atoms with Gasteiger partial charge < -0.3 is 4.98 Å². The lowest BCUT2D eigenvalue weighted by Crippen LogP contribution is -2.09. The summed E-state index contributed by atoms with van der Waals surface area (Å²) in [6.07, 6.45) is 1.52. The van der Waals surface area contributed by atoms with Crippen LogP contribution in [0.4, 0.5) is 0 Å². The zero-order chi connectivity index (χ0) is 10.8. The zero-order valence-electron chi connectivity index (χ0n) is 8.74. The highest BCUT2D eigenvalue weighted by Crippen LogP contribution is 2.20. The highest BCUT2D eigenvalue weighted by Gasteiger charge is 2.02. The minimum absolute atomic E-state index is 0.313. The second-order valence-electron chi connectivity index (χ2n) is 3.61. The lowest BCUT2D eigenvalue weighted by Gasteiger charge is -2.05. The number of hydrogen-bond acceptors (Lipinski definition) is 2. The van der Waals surface area contributed by atoms with E-state index in [9.17, 15) is 4.79 Å². The van der Waals surface area contributed by atoms with Gasteiger partial charge in [-0.3, -0.25) is 0 Å². The molecule has 0 unspecified atom stereocenters. The molecular weight excluding hydrogens is 188 g/mol. The van der Waals surface area contributed by atoms with Gasteiger partial charge >= 0.3 is 5.69 Å². The fraction of sp³-hybridized carbons (Fsp3) is 0.167. The summed E-state index contributed by atoms with van der Waals surface area (Å²) in [5, 5.41) is 0. The van der Waals surface area contributed by atoms with Crippen LogP contribution in [0.15, 0.2) is 35.3 Å². The number of nitrogens with zero attached hydrogens (tertiary/aromatic N) is 1. The van der Waals surface area contributed by atoms with E-state index < -0.39 is 0 Å². The van der Waals surface area contributed by atoms with E-state index in [1.165, 1.54) is 11.8 Å². The molecule has 0 aliphatic rings. The van der Waals surface area contributed by atoms with Gasteiger partial charge in [0.1, 0.15) is 0 Å². The average molecular weight is 200 g/mol. The molecule has 0 saturated heterocycles. The maximum Gasteiger partial charge on any atom is 0.345 e. The van der Waals surface area contributed by atoms with E-state index in [1.54, 1.807) is 6.07 Å². The normalized spacial score (nSPS) is 10.3. The lowest BCUT2D eigenvalue weighted by molar-refractivity contribution is 1.08. The SMILES string of the molecule is Cc1ccc(-c2ccnc(=O)[nH]2)c(C)c1. The van der Waals surface area contributed by atoms with Crippen LogP contribution >= 0.6 is 0 Å². The summed E-state index contributed by atoms with van der Waals surface area (Å²) in [5.74, 6) is 0. The highest BCUT2D eigenvalue weighted by atomic mass is 16.1. The van der Waals surface area contributed by atoms with Crippen LogP contribution in [0.3, 0.4) is 0 Å².